The van der Waals surface area contributed by atoms with Crippen molar-refractivity contribution in [2.75, 3.05) is 7.11 Å². The number of aliphatic hydroxyl groups is 1. The van der Waals surface area contributed by atoms with Gasteiger partial charge in [0.1, 0.15) is 6.07 Å². The summed E-state index contributed by atoms with van der Waals surface area (Å²) in [6, 6.07) is 0.894. The molecule has 0 aliphatic heterocycles. The molecule has 0 aromatic carbocycles. The molecule has 0 radical (unpaired) electrons. The Balaban J connectivity index is 0. The molecule has 0 fully saturated rings. The number of allylic oxidation sites excluding steroid dienone is 1. The molecular weight excluding hydrogens is 214 g/mol. The fourth-order valence-corrected chi connectivity index (χ4v) is 0.439. The standard InChI is InChI=1S/C6H4F3NO3.Na.H/c1-13-5(12)3(2-10)4(11)6(7,8)9;;/h11H,1H3;;. The summed E-state index contributed by atoms with van der Waals surface area (Å²) in [6.45, 7) is 0. The molecule has 8 heteroatoms. The van der Waals surface area contributed by atoms with Gasteiger partial charge in [0, 0.05) is 0 Å². The quantitative estimate of drug-likeness (QED) is 0.228. The topological polar surface area (TPSA) is 70.3 Å². The van der Waals surface area contributed by atoms with Crippen LogP contribution in [-0.4, -0.2) is 53.9 Å². The third-order valence-electron chi connectivity index (χ3n) is 1.01. The summed E-state index contributed by atoms with van der Waals surface area (Å²) >= 11 is 0. The van der Waals surface area contributed by atoms with E-state index in [4.69, 9.17) is 10.4 Å². The molecule has 0 aromatic heterocycles. The molecule has 0 rings (SSSR count). The Morgan fingerprint density at radius 1 is 1.50 bits per heavy atom. The normalized spacial score (nSPS) is 11.9. The third-order valence-corrected chi connectivity index (χ3v) is 1.01. The van der Waals surface area contributed by atoms with E-state index in [0.717, 1.165) is 13.2 Å². The van der Waals surface area contributed by atoms with Crippen LogP contribution < -0.4 is 0 Å². The van der Waals surface area contributed by atoms with Crippen molar-refractivity contribution in [2.24, 2.45) is 0 Å². The second-order valence-electron chi connectivity index (χ2n) is 1.82. The van der Waals surface area contributed by atoms with Crippen LogP contribution in [0, 0.1) is 11.3 Å². The number of rotatable bonds is 1. The molecule has 4 nitrogen and oxygen atoms in total. The number of methoxy groups -OCH3 is 1. The van der Waals surface area contributed by atoms with Crippen molar-refractivity contribution in [3.8, 4) is 6.07 Å². The molecule has 0 aliphatic rings. The van der Waals surface area contributed by atoms with Crippen LogP contribution in [0.3, 0.4) is 0 Å². The number of hydrogen-bond acceptors (Lipinski definition) is 4. The number of carbonyl (C=O) groups is 1. The number of ether oxygens (including phenoxy) is 1. The van der Waals surface area contributed by atoms with E-state index < -0.39 is 23.5 Å². The molecule has 0 amide bonds. The van der Waals surface area contributed by atoms with Gasteiger partial charge in [0.05, 0.1) is 7.11 Å². The van der Waals surface area contributed by atoms with Crippen LogP contribution in [0.5, 0.6) is 0 Å². The summed E-state index contributed by atoms with van der Waals surface area (Å²) in [6.07, 6.45) is -5.13. The van der Waals surface area contributed by atoms with Gasteiger partial charge in [0.25, 0.3) is 0 Å². The Bertz CT molecular complexity index is 292. The predicted octanol–water partition coefficient (Wildman–Crippen LogP) is 0.409. The molecule has 0 atom stereocenters. The summed E-state index contributed by atoms with van der Waals surface area (Å²) in [5.74, 6) is -3.78. The molecule has 0 spiro atoms. The van der Waals surface area contributed by atoms with Crippen molar-refractivity contribution >= 4 is 35.5 Å². The van der Waals surface area contributed by atoms with E-state index in [1.54, 1.807) is 0 Å². The van der Waals surface area contributed by atoms with Crippen molar-refractivity contribution in [1.29, 1.82) is 5.26 Å². The summed E-state index contributed by atoms with van der Waals surface area (Å²) in [5, 5.41) is 16.5. The van der Waals surface area contributed by atoms with Gasteiger partial charge < -0.3 is 9.84 Å². The van der Waals surface area contributed by atoms with Gasteiger partial charge in [-0.1, -0.05) is 0 Å². The maximum absolute atomic E-state index is 11.7. The summed E-state index contributed by atoms with van der Waals surface area (Å²) in [7, 11) is 0.795. The first-order valence-electron chi connectivity index (χ1n) is 2.83. The summed E-state index contributed by atoms with van der Waals surface area (Å²) < 4.78 is 39.0. The van der Waals surface area contributed by atoms with Gasteiger partial charge in [0.2, 0.25) is 5.76 Å². The number of halogens is 3. The zero-order valence-electron chi connectivity index (χ0n) is 6.34. The van der Waals surface area contributed by atoms with E-state index in [0.29, 0.717) is 0 Å². The van der Waals surface area contributed by atoms with E-state index in [-0.39, 0.29) is 29.6 Å². The number of alkyl halides is 3. The summed E-state index contributed by atoms with van der Waals surface area (Å²) in [4.78, 5) is 10.5. The summed E-state index contributed by atoms with van der Waals surface area (Å²) in [5.41, 5.74) is -1.46. The van der Waals surface area contributed by atoms with Crippen molar-refractivity contribution in [3.05, 3.63) is 11.3 Å². The van der Waals surface area contributed by atoms with Crippen LogP contribution in [0.2, 0.25) is 0 Å². The number of carbonyl (C=O) groups excluding carboxylic acids is 1. The average molecular weight is 219 g/mol. The van der Waals surface area contributed by atoms with E-state index in [1.807, 2.05) is 0 Å². The molecule has 14 heavy (non-hydrogen) atoms. The number of aliphatic hydroxyl groups excluding tert-OH is 1. The first-order chi connectivity index (χ1) is 5.84. The van der Waals surface area contributed by atoms with Crippen LogP contribution >= 0.6 is 0 Å². The molecule has 0 heterocycles. The van der Waals surface area contributed by atoms with Crippen molar-refractivity contribution in [2.45, 2.75) is 6.18 Å². The van der Waals surface area contributed by atoms with Crippen LogP contribution in [0.4, 0.5) is 13.2 Å². The van der Waals surface area contributed by atoms with E-state index in [9.17, 15) is 18.0 Å². The van der Waals surface area contributed by atoms with Gasteiger partial charge in [0.15, 0.2) is 5.57 Å². The molecule has 0 aliphatic carbocycles. The molecule has 74 valence electrons. The molecule has 0 saturated heterocycles. The Labute approximate surface area is 99.2 Å². The van der Waals surface area contributed by atoms with Gasteiger partial charge in [-0.25, -0.2) is 4.79 Å². The van der Waals surface area contributed by atoms with Crippen LogP contribution in [0.15, 0.2) is 11.3 Å². The van der Waals surface area contributed by atoms with Crippen LogP contribution in [0.1, 0.15) is 0 Å². The Hall–Kier alpha value is -0.710. The van der Waals surface area contributed by atoms with Gasteiger partial charge in [-0.3, -0.25) is 0 Å². The van der Waals surface area contributed by atoms with Gasteiger partial charge in [-0.2, -0.15) is 18.4 Å². The Morgan fingerprint density at radius 2 is 1.93 bits per heavy atom. The zero-order valence-corrected chi connectivity index (χ0v) is 6.34. The van der Waals surface area contributed by atoms with Crippen molar-refractivity contribution < 1.29 is 27.8 Å². The van der Waals surface area contributed by atoms with Crippen molar-refractivity contribution in [1.82, 2.24) is 0 Å². The minimum absolute atomic E-state index is 0. The van der Waals surface area contributed by atoms with E-state index in [2.05, 4.69) is 4.74 Å². The number of nitrogens with zero attached hydrogens (tertiary/aromatic N) is 1. The zero-order chi connectivity index (χ0) is 10.6. The first kappa shape index (κ1) is 15.7. The van der Waals surface area contributed by atoms with Crippen LogP contribution in [0.25, 0.3) is 0 Å². The van der Waals surface area contributed by atoms with Crippen LogP contribution in [-0.2, 0) is 9.53 Å². The number of nitriles is 1. The van der Waals surface area contributed by atoms with Crippen molar-refractivity contribution in [3.63, 3.8) is 0 Å². The minimum atomic E-state index is -5.13. The third kappa shape index (κ3) is 4.00. The predicted molar refractivity (Wildman–Crippen MR) is 40.5 cm³/mol. The fourth-order valence-electron chi connectivity index (χ4n) is 0.439. The second kappa shape index (κ2) is 5.90. The molecule has 0 bridgehead atoms. The molecule has 1 N–H and O–H groups in total. The van der Waals surface area contributed by atoms with Gasteiger partial charge in [-0.15, -0.1) is 0 Å². The number of esters is 1. The molecular formula is C6H5F3NNaO3. The first-order valence-corrected chi connectivity index (χ1v) is 2.83. The fraction of sp³-hybridized carbons (Fsp3) is 0.333. The molecule has 0 aromatic rings. The Morgan fingerprint density at radius 3 is 2.14 bits per heavy atom. The van der Waals surface area contributed by atoms with E-state index >= 15 is 0 Å². The number of hydrogen-bond donors (Lipinski definition) is 1. The van der Waals surface area contributed by atoms with Gasteiger partial charge in [-0.05, 0) is 0 Å². The second-order valence-corrected chi connectivity index (χ2v) is 1.82. The van der Waals surface area contributed by atoms with E-state index in [1.165, 1.54) is 0 Å². The van der Waals surface area contributed by atoms with Gasteiger partial charge >= 0.3 is 41.7 Å². The molecule has 0 saturated carbocycles. The SMILES string of the molecule is COC(=O)C(C#N)=C(O)C(F)(F)F.[NaH]. The Kier molecular flexibility index (Phi) is 6.64. The molecule has 0 unspecified atom stereocenters. The monoisotopic (exact) mass is 219 g/mol. The average Bonchev–Trinajstić information content (AvgIpc) is 2.03. The maximum atomic E-state index is 11.7.